The van der Waals surface area contributed by atoms with Gasteiger partial charge in [-0.05, 0) is 39.2 Å². The lowest BCUT2D eigenvalue weighted by Gasteiger charge is -2.32. The highest BCUT2D eigenvalue weighted by molar-refractivity contribution is 6.02. The predicted molar refractivity (Wildman–Crippen MR) is 97.7 cm³/mol. The number of aromatic amines is 2. The molecule has 0 unspecified atom stereocenters. The fraction of sp³-hybridized carbons (Fsp3) is 0.474. The zero-order valence-corrected chi connectivity index (χ0v) is 15.6. The third-order valence-electron chi connectivity index (χ3n) is 5.08. The first kappa shape index (κ1) is 18.1. The lowest BCUT2D eigenvalue weighted by molar-refractivity contribution is 0.0710. The summed E-state index contributed by atoms with van der Waals surface area (Å²) < 4.78 is 0. The van der Waals surface area contributed by atoms with Gasteiger partial charge in [-0.2, -0.15) is 0 Å². The molecule has 1 saturated heterocycles. The molecule has 0 aromatic carbocycles. The smallest absolute Gasteiger partial charge is 0.255 e. The molecule has 1 fully saturated rings. The third kappa shape index (κ3) is 3.34. The van der Waals surface area contributed by atoms with Crippen LogP contribution in [0.5, 0.6) is 0 Å². The van der Waals surface area contributed by atoms with Crippen LogP contribution in [-0.4, -0.2) is 44.6 Å². The minimum Gasteiger partial charge on any atom is -0.355 e. The summed E-state index contributed by atoms with van der Waals surface area (Å²) in [6.45, 7) is 8.11. The summed E-state index contributed by atoms with van der Waals surface area (Å²) >= 11 is 0. The Bertz CT molecular complexity index is 917. The predicted octanol–water partition coefficient (Wildman–Crippen LogP) is 2.25. The van der Waals surface area contributed by atoms with Crippen molar-refractivity contribution < 1.29 is 9.59 Å². The lowest BCUT2D eigenvalue weighted by atomic mass is 9.92. The average molecular weight is 356 g/mol. The Morgan fingerprint density at radius 1 is 1.15 bits per heavy atom. The van der Waals surface area contributed by atoms with Gasteiger partial charge in [0.1, 0.15) is 5.82 Å². The zero-order valence-electron chi connectivity index (χ0n) is 15.6. The van der Waals surface area contributed by atoms with Gasteiger partial charge in [0.25, 0.3) is 11.5 Å². The number of hydrogen-bond acceptors (Lipinski definition) is 4. The molecular weight excluding hydrogens is 332 g/mol. The number of likely N-dealkylation sites (tertiary alicyclic amines) is 1. The Hall–Kier alpha value is -2.70. The van der Waals surface area contributed by atoms with E-state index in [1.54, 1.807) is 13.0 Å². The van der Waals surface area contributed by atoms with Gasteiger partial charge < -0.3 is 14.9 Å². The van der Waals surface area contributed by atoms with E-state index >= 15 is 0 Å². The summed E-state index contributed by atoms with van der Waals surface area (Å²) in [6, 6.07) is 1.55. The number of aryl methyl sites for hydroxylation is 2. The van der Waals surface area contributed by atoms with Crippen molar-refractivity contribution in [2.45, 2.75) is 46.5 Å². The van der Waals surface area contributed by atoms with Crippen LogP contribution in [0.25, 0.3) is 0 Å². The van der Waals surface area contributed by atoms with Crippen molar-refractivity contribution in [3.8, 4) is 0 Å². The van der Waals surface area contributed by atoms with Crippen LogP contribution in [0.2, 0.25) is 0 Å². The van der Waals surface area contributed by atoms with E-state index in [0.717, 1.165) is 24.2 Å². The molecule has 0 aliphatic carbocycles. The Morgan fingerprint density at radius 3 is 2.35 bits per heavy atom. The summed E-state index contributed by atoms with van der Waals surface area (Å²) in [7, 11) is 0. The quantitative estimate of drug-likeness (QED) is 0.824. The Labute approximate surface area is 151 Å². The van der Waals surface area contributed by atoms with Crippen molar-refractivity contribution >= 4 is 11.7 Å². The zero-order chi connectivity index (χ0) is 19.0. The molecule has 1 aliphatic rings. The van der Waals surface area contributed by atoms with Crippen molar-refractivity contribution in [1.29, 1.82) is 0 Å². The number of Topliss-reactive ketones (excluding diaryl/α,β-unsaturated/α-hetero) is 1. The van der Waals surface area contributed by atoms with E-state index < -0.39 is 0 Å². The van der Waals surface area contributed by atoms with Gasteiger partial charge in [-0.1, -0.05) is 0 Å². The molecule has 0 saturated carbocycles. The molecule has 0 atom stereocenters. The first-order chi connectivity index (χ1) is 12.3. The van der Waals surface area contributed by atoms with Crippen LogP contribution in [0.15, 0.2) is 10.9 Å². The Morgan fingerprint density at radius 2 is 1.81 bits per heavy atom. The second-order valence-corrected chi connectivity index (χ2v) is 7.00. The highest BCUT2D eigenvalue weighted by Crippen LogP contribution is 2.28. The molecule has 26 heavy (non-hydrogen) atoms. The maximum absolute atomic E-state index is 13.0. The van der Waals surface area contributed by atoms with Gasteiger partial charge in [-0.3, -0.25) is 14.4 Å². The second-order valence-electron chi connectivity index (χ2n) is 7.00. The first-order valence-corrected chi connectivity index (χ1v) is 8.85. The summed E-state index contributed by atoms with van der Waals surface area (Å²) in [5.74, 6) is 0.680. The summed E-state index contributed by atoms with van der Waals surface area (Å²) in [5, 5.41) is 0. The monoisotopic (exact) mass is 356 g/mol. The number of carbonyl (C=O) groups excluding carboxylic acids is 2. The normalized spacial score (nSPS) is 15.3. The van der Waals surface area contributed by atoms with Crippen LogP contribution >= 0.6 is 0 Å². The standard InChI is InChI=1S/C19H24N4O3/c1-10-17(11(2)20-18(10)12(3)24)19(26)23-7-5-14(6-8-23)15-9-16(25)22-13(4)21-15/h9,14,20H,5-8H2,1-4H3,(H,21,22,25). The van der Waals surface area contributed by atoms with Gasteiger partial charge in [0.2, 0.25) is 0 Å². The SMILES string of the molecule is CC(=O)c1[nH]c(C)c(C(=O)N2CCC(c3cc(=O)[nH]c(C)n3)CC2)c1C. The summed E-state index contributed by atoms with van der Waals surface area (Å²) in [6.07, 6.45) is 1.54. The number of nitrogens with zero attached hydrogens (tertiary/aromatic N) is 2. The van der Waals surface area contributed by atoms with Crippen LogP contribution in [0, 0.1) is 20.8 Å². The molecule has 7 nitrogen and oxygen atoms in total. The van der Waals surface area contributed by atoms with Crippen molar-refractivity contribution in [3.63, 3.8) is 0 Å². The number of aromatic nitrogens is 3. The average Bonchev–Trinajstić information content (AvgIpc) is 2.88. The van der Waals surface area contributed by atoms with E-state index in [4.69, 9.17) is 0 Å². The van der Waals surface area contributed by atoms with E-state index in [0.29, 0.717) is 35.7 Å². The number of H-pyrrole nitrogens is 2. The maximum atomic E-state index is 13.0. The molecule has 2 N–H and O–H groups in total. The molecule has 1 aliphatic heterocycles. The highest BCUT2D eigenvalue weighted by Gasteiger charge is 2.29. The molecule has 0 radical (unpaired) electrons. The van der Waals surface area contributed by atoms with Crippen LogP contribution in [0.1, 0.15) is 69.3 Å². The van der Waals surface area contributed by atoms with E-state index in [1.165, 1.54) is 6.92 Å². The van der Waals surface area contributed by atoms with Crippen molar-refractivity contribution in [2.75, 3.05) is 13.1 Å². The molecular formula is C19H24N4O3. The number of nitrogens with one attached hydrogen (secondary N) is 2. The van der Waals surface area contributed by atoms with Crippen LogP contribution in [0.3, 0.4) is 0 Å². The third-order valence-corrected chi connectivity index (χ3v) is 5.08. The number of carbonyl (C=O) groups is 2. The summed E-state index contributed by atoms with van der Waals surface area (Å²) in [4.78, 5) is 48.3. The number of piperidine rings is 1. The largest absolute Gasteiger partial charge is 0.355 e. The molecule has 138 valence electrons. The Balaban J connectivity index is 1.75. The molecule has 1 amide bonds. The molecule has 3 heterocycles. The van der Waals surface area contributed by atoms with Crippen LogP contribution < -0.4 is 5.56 Å². The van der Waals surface area contributed by atoms with E-state index in [9.17, 15) is 14.4 Å². The number of hydrogen-bond donors (Lipinski definition) is 2. The summed E-state index contributed by atoms with van der Waals surface area (Å²) in [5.41, 5.74) is 3.20. The topological polar surface area (TPSA) is 98.9 Å². The number of ketones is 1. The fourth-order valence-electron chi connectivity index (χ4n) is 3.77. The lowest BCUT2D eigenvalue weighted by Crippen LogP contribution is -2.38. The van der Waals surface area contributed by atoms with E-state index in [-0.39, 0.29) is 23.2 Å². The van der Waals surface area contributed by atoms with Gasteiger partial charge in [0.15, 0.2) is 5.78 Å². The molecule has 7 heteroatoms. The molecule has 3 rings (SSSR count). The van der Waals surface area contributed by atoms with E-state index in [2.05, 4.69) is 15.0 Å². The molecule has 2 aromatic rings. The van der Waals surface area contributed by atoms with E-state index in [1.807, 2.05) is 18.7 Å². The fourth-order valence-corrected chi connectivity index (χ4v) is 3.77. The first-order valence-electron chi connectivity index (χ1n) is 8.85. The van der Waals surface area contributed by atoms with Crippen molar-refractivity contribution in [2.24, 2.45) is 0 Å². The van der Waals surface area contributed by atoms with Gasteiger partial charge >= 0.3 is 0 Å². The molecule has 2 aromatic heterocycles. The van der Waals surface area contributed by atoms with Crippen LogP contribution in [-0.2, 0) is 0 Å². The second kappa shape index (κ2) is 6.90. The highest BCUT2D eigenvalue weighted by atomic mass is 16.2. The van der Waals surface area contributed by atoms with Gasteiger partial charge in [0.05, 0.1) is 17.0 Å². The number of rotatable bonds is 3. The van der Waals surface area contributed by atoms with Crippen LogP contribution in [0.4, 0.5) is 0 Å². The van der Waals surface area contributed by atoms with Crippen molar-refractivity contribution in [1.82, 2.24) is 19.9 Å². The number of amides is 1. The maximum Gasteiger partial charge on any atom is 0.255 e. The van der Waals surface area contributed by atoms with Crippen molar-refractivity contribution in [3.05, 3.63) is 50.5 Å². The van der Waals surface area contributed by atoms with Gasteiger partial charge in [-0.15, -0.1) is 0 Å². The molecule has 0 spiro atoms. The van der Waals surface area contributed by atoms with Gasteiger partial charge in [0, 0.05) is 37.7 Å². The minimum absolute atomic E-state index is 0.0442. The Kier molecular flexibility index (Phi) is 4.80. The van der Waals surface area contributed by atoms with Gasteiger partial charge in [-0.25, -0.2) is 4.98 Å². The minimum atomic E-state index is -0.138. The molecule has 0 bridgehead atoms.